The van der Waals surface area contributed by atoms with E-state index in [4.69, 9.17) is 0 Å². The first-order chi connectivity index (χ1) is 16.6. The molecule has 172 valence electrons. The van der Waals surface area contributed by atoms with Gasteiger partial charge in [0.2, 0.25) is 5.78 Å². The average molecular weight is 637 g/mol. The average Bonchev–Trinajstić information content (AvgIpc) is 3.41. The van der Waals surface area contributed by atoms with Gasteiger partial charge in [-0.1, -0.05) is 36.4 Å². The molecule has 2 aromatic heterocycles. The fourth-order valence-corrected chi connectivity index (χ4v) is 4.39. The number of carbonyl (C=O) groups is 1. The van der Waals surface area contributed by atoms with Gasteiger partial charge in [-0.05, 0) is 62.6 Å². The number of hydrogen-bond acceptors (Lipinski definition) is 7. The van der Waals surface area contributed by atoms with Gasteiger partial charge in [0.05, 0.1) is 11.4 Å². The van der Waals surface area contributed by atoms with Crippen LogP contribution in [0.1, 0.15) is 16.2 Å². The number of aromatic nitrogens is 2. The molecule has 35 heavy (non-hydrogen) atoms. The zero-order valence-corrected chi connectivity index (χ0v) is 21.4. The second-order valence-electron chi connectivity index (χ2n) is 8.26. The Balaban J connectivity index is 0.00000253. The van der Waals surface area contributed by atoms with Crippen molar-refractivity contribution in [1.82, 2.24) is 9.97 Å². The molecule has 0 saturated heterocycles. The van der Waals surface area contributed by atoms with Gasteiger partial charge in [-0.15, -0.1) is 0 Å². The second-order valence-corrected chi connectivity index (χ2v) is 8.26. The summed E-state index contributed by atoms with van der Waals surface area (Å²) in [6, 6.07) is 27.2. The van der Waals surface area contributed by atoms with E-state index in [0.717, 1.165) is 22.7 Å². The third-order valence-electron chi connectivity index (χ3n) is 6.05. The number of ketones is 1. The van der Waals surface area contributed by atoms with E-state index in [2.05, 4.69) is 22.1 Å². The van der Waals surface area contributed by atoms with Crippen LogP contribution in [0.3, 0.4) is 0 Å². The monoisotopic (exact) mass is 637 g/mol. The summed E-state index contributed by atoms with van der Waals surface area (Å²) in [6.45, 7) is 0. The van der Waals surface area contributed by atoms with E-state index in [0.29, 0.717) is 23.0 Å². The second kappa shape index (κ2) is 9.23. The van der Waals surface area contributed by atoms with Crippen molar-refractivity contribution < 1.29 is 25.9 Å². The predicted octanol–water partition coefficient (Wildman–Crippen LogP) is 3.95. The molecule has 6 rings (SSSR count). The Morgan fingerprint density at radius 1 is 0.600 bits per heavy atom. The van der Waals surface area contributed by atoms with E-state index < -0.39 is 0 Å². The van der Waals surface area contributed by atoms with Crippen molar-refractivity contribution in [1.29, 1.82) is 0 Å². The van der Waals surface area contributed by atoms with E-state index in [9.17, 15) is 4.79 Å². The Hall–Kier alpha value is -3.57. The van der Waals surface area contributed by atoms with Gasteiger partial charge in [0.1, 0.15) is 23.0 Å². The molecule has 0 saturated carbocycles. The van der Waals surface area contributed by atoms with Gasteiger partial charge in [0.15, 0.2) is 0 Å². The molecule has 0 bridgehead atoms. The molecule has 0 N–H and O–H groups in total. The minimum Gasteiger partial charge on any atom is -0.400 e. The summed E-state index contributed by atoms with van der Waals surface area (Å²) in [4.78, 5) is 30.8. The van der Waals surface area contributed by atoms with E-state index in [1.165, 1.54) is 0 Å². The molecule has 0 atom stereocenters. The molecule has 0 spiro atoms. The van der Waals surface area contributed by atoms with Gasteiger partial charge >= 0.3 is 15.1 Å². The van der Waals surface area contributed by atoms with Crippen LogP contribution in [0.5, 0.6) is 0 Å². The Morgan fingerprint density at radius 3 is 1.43 bits per heavy atom. The van der Waals surface area contributed by atoms with Crippen LogP contribution < -0.4 is 19.2 Å². The van der Waals surface area contributed by atoms with Crippen LogP contribution in [0, 0.1) is 0 Å². The van der Waals surface area contributed by atoms with Crippen LogP contribution in [-0.4, -0.2) is 44.9 Å². The number of hydrogen-bond donors (Lipinski definition) is 0. The maximum Gasteiger partial charge on any atom is 0.397 e. The number of carbonyl (C=O) groups excluding carboxylic acids is 1. The summed E-state index contributed by atoms with van der Waals surface area (Å²) >= 11 is 0. The summed E-state index contributed by atoms with van der Waals surface area (Å²) in [6.07, 6.45) is 0. The van der Waals surface area contributed by atoms with Gasteiger partial charge in [-0.25, -0.2) is 9.97 Å². The first-order valence-electron chi connectivity index (χ1n) is 11.0. The van der Waals surface area contributed by atoms with Crippen molar-refractivity contribution in [3.63, 3.8) is 0 Å². The number of rotatable bonds is 4. The summed E-state index contributed by atoms with van der Waals surface area (Å²) in [5.74, 6) is 1.15. The quantitative estimate of drug-likeness (QED) is 0.249. The maximum absolute atomic E-state index is 13.4. The molecule has 0 aliphatic carbocycles. The minimum atomic E-state index is -0.217. The first-order valence-corrected chi connectivity index (χ1v) is 11.0. The maximum atomic E-state index is 13.4. The zero-order valence-electron chi connectivity index (χ0n) is 19.1. The van der Waals surface area contributed by atoms with Crippen molar-refractivity contribution in [2.75, 3.05) is 33.3 Å². The summed E-state index contributed by atoms with van der Waals surface area (Å²) in [5, 5.41) is 0. The first kappa shape index (κ1) is 23.2. The molecule has 4 heterocycles. The van der Waals surface area contributed by atoms with Gasteiger partial charge in [-0.2, -0.15) is 0 Å². The summed E-state index contributed by atoms with van der Waals surface area (Å²) in [5.41, 5.74) is 4.92. The van der Waals surface area contributed by atoms with E-state index in [1.807, 2.05) is 109 Å². The molecule has 2 aliphatic rings. The third-order valence-corrected chi connectivity index (χ3v) is 6.05. The number of nitrogens with zero attached hydrogens (tertiary/aromatic N) is 6. The summed E-state index contributed by atoms with van der Waals surface area (Å²) in [7, 11) is 7.93. The van der Waals surface area contributed by atoms with Gasteiger partial charge in [0.25, 0.3) is 0 Å². The van der Waals surface area contributed by atoms with Crippen LogP contribution in [0.15, 0.2) is 84.9 Å². The van der Waals surface area contributed by atoms with Crippen molar-refractivity contribution >= 4 is 55.3 Å². The fourth-order valence-electron chi connectivity index (χ4n) is 4.39. The van der Waals surface area contributed by atoms with E-state index in [-0.39, 0.29) is 26.8 Å². The van der Waals surface area contributed by atoms with Crippen molar-refractivity contribution in [2.45, 2.75) is 0 Å². The Kier molecular flexibility index (Phi) is 6.11. The number of para-hydroxylation sites is 4. The molecule has 2 aromatic carbocycles. The zero-order chi connectivity index (χ0) is 23.2. The van der Waals surface area contributed by atoms with Crippen LogP contribution in [0.2, 0.25) is 0 Å². The fraction of sp³-hybridized carbons (Fsp3) is 0.0800. The Bertz CT molecular complexity index is 1320. The molecular formula is C25H20B2N6OPt. The molecule has 2 radical (unpaired) electrons. The molecule has 2 aliphatic heterocycles. The molecule has 7 nitrogen and oxygen atoms in total. The van der Waals surface area contributed by atoms with E-state index >= 15 is 0 Å². The van der Waals surface area contributed by atoms with Crippen LogP contribution >= 0.6 is 0 Å². The van der Waals surface area contributed by atoms with Crippen molar-refractivity contribution in [2.24, 2.45) is 0 Å². The molecule has 0 amide bonds. The van der Waals surface area contributed by atoms with Crippen LogP contribution in [0.4, 0.5) is 34.4 Å². The number of pyridine rings is 2. The third kappa shape index (κ3) is 4.00. The predicted molar refractivity (Wildman–Crippen MR) is 137 cm³/mol. The number of fused-ring (bicyclic) bond motifs is 2. The van der Waals surface area contributed by atoms with Gasteiger partial charge in [0, 0.05) is 32.4 Å². The molecule has 0 unspecified atom stereocenters. The molecular weight excluding hydrogens is 617 g/mol. The number of benzene rings is 2. The standard InChI is InChI=1S/C25H20B2N6O.Pt/c1-30-19-11-3-5-13-21(19)32(26-30)23-15-7-9-17(28-23)25(34)18-10-8-16-24(29-18)33-22-14-6-4-12-20(22)31(2)27-33;/h3-16H,1-2H3;. The minimum absolute atomic E-state index is 0. The smallest absolute Gasteiger partial charge is 0.397 e. The van der Waals surface area contributed by atoms with Crippen LogP contribution in [0.25, 0.3) is 0 Å². The largest absolute Gasteiger partial charge is 0.400 e. The normalized spacial score (nSPS) is 13.5. The number of anilines is 6. The summed E-state index contributed by atoms with van der Waals surface area (Å²) < 4.78 is 0. The van der Waals surface area contributed by atoms with Gasteiger partial charge in [-0.3, -0.25) is 4.79 Å². The van der Waals surface area contributed by atoms with Gasteiger partial charge < -0.3 is 19.2 Å². The van der Waals surface area contributed by atoms with Crippen LogP contribution in [-0.2, 0) is 21.1 Å². The van der Waals surface area contributed by atoms with Crippen molar-refractivity contribution in [3.8, 4) is 0 Å². The molecule has 0 fully saturated rings. The SMILES string of the molecule is CN1[B]N(c2cccc(C(=O)c3cccc(N4[B]N(C)c5ccccc54)n3)n2)c2ccccc21.[Pt]. The Labute approximate surface area is 220 Å². The Morgan fingerprint density at radius 2 is 1.00 bits per heavy atom. The molecule has 4 aromatic rings. The molecule has 10 heteroatoms. The van der Waals surface area contributed by atoms with Crippen molar-refractivity contribution in [3.05, 3.63) is 96.3 Å². The topological polar surface area (TPSA) is 55.8 Å². The van der Waals surface area contributed by atoms with E-state index in [1.54, 1.807) is 12.1 Å².